The number of H-pyrrole nitrogens is 1. The molecule has 4 heteroatoms. The summed E-state index contributed by atoms with van der Waals surface area (Å²) in [6, 6.07) is 0. The summed E-state index contributed by atoms with van der Waals surface area (Å²) in [6.45, 7) is 3.70. The fourth-order valence-electron chi connectivity index (χ4n) is 0.753. The fourth-order valence-corrected chi connectivity index (χ4v) is 0.753. The number of aliphatic imine (C=N–C) groups is 1. The van der Waals surface area contributed by atoms with Crippen LogP contribution in [0.4, 0.5) is 4.39 Å². The molecule has 1 aromatic rings. The molecule has 0 atom stereocenters. The van der Waals surface area contributed by atoms with E-state index in [-0.39, 0.29) is 6.47 Å². The zero-order valence-electron chi connectivity index (χ0n) is 6.37. The smallest absolute Gasteiger partial charge is 0.176 e. The van der Waals surface area contributed by atoms with Crippen LogP contribution in [0.5, 0.6) is 0 Å². The highest BCUT2D eigenvalue weighted by molar-refractivity contribution is 5.67. The third-order valence-corrected chi connectivity index (χ3v) is 1.20. The molecule has 1 rings (SSSR count). The van der Waals surface area contributed by atoms with Crippen molar-refractivity contribution in [2.45, 2.75) is 0 Å². The van der Waals surface area contributed by atoms with Gasteiger partial charge in [-0.1, -0.05) is 12.7 Å². The van der Waals surface area contributed by atoms with E-state index < -0.39 is 0 Å². The molecule has 0 bridgehead atoms. The average molecular weight is 165 g/mol. The van der Waals surface area contributed by atoms with Crippen LogP contribution in [0.25, 0.3) is 5.70 Å². The highest BCUT2D eigenvalue weighted by atomic mass is 19.1. The SMILES string of the molecule is C=CC=C(N=CF)c1ncc[nH]1. The summed E-state index contributed by atoms with van der Waals surface area (Å²) in [5.41, 5.74) is 0.414. The topological polar surface area (TPSA) is 41.0 Å². The predicted molar refractivity (Wildman–Crippen MR) is 46.4 cm³/mol. The van der Waals surface area contributed by atoms with Crippen molar-refractivity contribution in [2.75, 3.05) is 0 Å². The number of rotatable bonds is 3. The summed E-state index contributed by atoms with van der Waals surface area (Å²) >= 11 is 0. The van der Waals surface area contributed by atoms with Crippen LogP contribution >= 0.6 is 0 Å². The minimum absolute atomic E-state index is 0.220. The van der Waals surface area contributed by atoms with Crippen molar-refractivity contribution >= 4 is 12.2 Å². The van der Waals surface area contributed by atoms with Crippen molar-refractivity contribution in [3.05, 3.63) is 36.9 Å². The van der Waals surface area contributed by atoms with Crippen LogP contribution < -0.4 is 0 Å². The minimum Gasteiger partial charge on any atom is -0.343 e. The van der Waals surface area contributed by atoms with E-state index in [2.05, 4.69) is 21.5 Å². The van der Waals surface area contributed by atoms with Gasteiger partial charge in [0, 0.05) is 12.4 Å². The molecule has 0 saturated heterocycles. The number of hydrogen-bond acceptors (Lipinski definition) is 2. The molecular formula is C8H8FN3. The lowest BCUT2D eigenvalue weighted by Gasteiger charge is -1.92. The Balaban J connectivity index is 2.95. The summed E-state index contributed by atoms with van der Waals surface area (Å²) < 4.78 is 11.7. The van der Waals surface area contributed by atoms with Crippen molar-refractivity contribution in [3.63, 3.8) is 0 Å². The molecule has 0 aliphatic heterocycles. The van der Waals surface area contributed by atoms with Crippen LogP contribution in [0.3, 0.4) is 0 Å². The Hall–Kier alpha value is -1.71. The molecule has 3 nitrogen and oxygen atoms in total. The first kappa shape index (κ1) is 8.39. The van der Waals surface area contributed by atoms with Crippen LogP contribution in [0.15, 0.2) is 36.1 Å². The Kier molecular flexibility index (Phi) is 2.95. The lowest BCUT2D eigenvalue weighted by atomic mass is 10.4. The molecular weight excluding hydrogens is 157 g/mol. The normalized spacial score (nSPS) is 12.2. The van der Waals surface area contributed by atoms with Gasteiger partial charge in [-0.15, -0.1) is 0 Å². The lowest BCUT2D eigenvalue weighted by molar-refractivity contribution is 0.841. The largest absolute Gasteiger partial charge is 0.343 e. The molecule has 0 radical (unpaired) electrons. The monoisotopic (exact) mass is 165 g/mol. The van der Waals surface area contributed by atoms with Crippen LogP contribution in [-0.4, -0.2) is 16.4 Å². The van der Waals surface area contributed by atoms with Gasteiger partial charge in [-0.3, -0.25) is 0 Å². The van der Waals surface area contributed by atoms with Crippen molar-refractivity contribution in [2.24, 2.45) is 4.99 Å². The van der Waals surface area contributed by atoms with Gasteiger partial charge >= 0.3 is 0 Å². The second-order valence-electron chi connectivity index (χ2n) is 1.95. The van der Waals surface area contributed by atoms with Gasteiger partial charge in [-0.25, -0.2) is 9.98 Å². The number of aromatic amines is 1. The lowest BCUT2D eigenvalue weighted by Crippen LogP contribution is -1.83. The van der Waals surface area contributed by atoms with Crippen LogP contribution in [-0.2, 0) is 0 Å². The maximum Gasteiger partial charge on any atom is 0.176 e. The van der Waals surface area contributed by atoms with Crippen molar-refractivity contribution in [1.29, 1.82) is 0 Å². The highest BCUT2D eigenvalue weighted by Gasteiger charge is 1.98. The molecule has 0 aliphatic rings. The van der Waals surface area contributed by atoms with Crippen molar-refractivity contribution in [1.82, 2.24) is 9.97 Å². The molecule has 0 fully saturated rings. The van der Waals surface area contributed by atoms with E-state index in [1.807, 2.05) is 0 Å². The van der Waals surface area contributed by atoms with E-state index in [9.17, 15) is 4.39 Å². The summed E-state index contributed by atoms with van der Waals surface area (Å²) in [5.74, 6) is 0.517. The first-order valence-electron chi connectivity index (χ1n) is 3.33. The second-order valence-corrected chi connectivity index (χ2v) is 1.95. The summed E-state index contributed by atoms with van der Waals surface area (Å²) in [7, 11) is 0. The van der Waals surface area contributed by atoms with E-state index in [0.717, 1.165) is 0 Å². The molecule has 62 valence electrons. The Morgan fingerprint density at radius 3 is 3.08 bits per heavy atom. The highest BCUT2D eigenvalue weighted by Crippen LogP contribution is 2.09. The quantitative estimate of drug-likeness (QED) is 0.539. The molecule has 1 aromatic heterocycles. The number of allylic oxidation sites excluding steroid dienone is 2. The zero-order valence-corrected chi connectivity index (χ0v) is 6.37. The molecule has 1 N–H and O–H groups in total. The van der Waals surface area contributed by atoms with Gasteiger partial charge in [0.2, 0.25) is 0 Å². The van der Waals surface area contributed by atoms with E-state index in [0.29, 0.717) is 11.5 Å². The Morgan fingerprint density at radius 2 is 2.58 bits per heavy atom. The summed E-state index contributed by atoms with van der Waals surface area (Å²) in [5, 5.41) is 0. The maximum absolute atomic E-state index is 11.7. The van der Waals surface area contributed by atoms with Crippen LogP contribution in [0.2, 0.25) is 0 Å². The van der Waals surface area contributed by atoms with Gasteiger partial charge in [-0.2, -0.15) is 4.39 Å². The molecule has 12 heavy (non-hydrogen) atoms. The third-order valence-electron chi connectivity index (χ3n) is 1.20. The molecule has 0 aliphatic carbocycles. The summed E-state index contributed by atoms with van der Waals surface area (Å²) in [4.78, 5) is 10.2. The van der Waals surface area contributed by atoms with E-state index in [1.165, 1.54) is 6.08 Å². The van der Waals surface area contributed by atoms with Gasteiger partial charge in [0.1, 0.15) is 5.70 Å². The number of aromatic nitrogens is 2. The fraction of sp³-hybridized carbons (Fsp3) is 0. The molecule has 0 spiro atoms. The van der Waals surface area contributed by atoms with Gasteiger partial charge in [0.15, 0.2) is 12.3 Å². The van der Waals surface area contributed by atoms with Gasteiger partial charge in [0.05, 0.1) is 0 Å². The van der Waals surface area contributed by atoms with Gasteiger partial charge in [-0.05, 0) is 6.08 Å². The second kappa shape index (κ2) is 4.23. The van der Waals surface area contributed by atoms with E-state index >= 15 is 0 Å². The van der Waals surface area contributed by atoms with Gasteiger partial charge < -0.3 is 4.98 Å². The Morgan fingerprint density at radius 1 is 1.75 bits per heavy atom. The molecule has 0 saturated carbocycles. The first-order chi connectivity index (χ1) is 5.88. The summed E-state index contributed by atoms with van der Waals surface area (Å²) in [6.07, 6.45) is 6.29. The molecule has 0 unspecified atom stereocenters. The van der Waals surface area contributed by atoms with Crippen molar-refractivity contribution in [3.8, 4) is 0 Å². The number of imidazole rings is 1. The Bertz CT molecular complexity index is 298. The third kappa shape index (κ3) is 1.88. The first-order valence-corrected chi connectivity index (χ1v) is 3.33. The predicted octanol–water partition coefficient (Wildman–Crippen LogP) is 1.93. The molecule has 1 heterocycles. The standard InChI is InChI=1S/C8H8FN3/c1-2-3-7(12-6-9)8-10-4-5-11-8/h2-6H,1H2,(H,10,11). The van der Waals surface area contributed by atoms with Gasteiger partial charge in [0.25, 0.3) is 0 Å². The minimum atomic E-state index is 0.220. The molecule has 0 amide bonds. The maximum atomic E-state index is 11.7. The Labute approximate surface area is 69.4 Å². The van der Waals surface area contributed by atoms with E-state index in [1.54, 1.807) is 18.5 Å². The number of halogens is 1. The number of hydrogen-bond donors (Lipinski definition) is 1. The van der Waals surface area contributed by atoms with Crippen LogP contribution in [0.1, 0.15) is 5.82 Å². The van der Waals surface area contributed by atoms with E-state index in [4.69, 9.17) is 0 Å². The molecule has 0 aromatic carbocycles. The zero-order chi connectivity index (χ0) is 8.81. The number of nitrogens with zero attached hydrogens (tertiary/aromatic N) is 2. The van der Waals surface area contributed by atoms with Crippen LogP contribution in [0, 0.1) is 0 Å². The average Bonchev–Trinajstić information content (AvgIpc) is 2.56. The number of nitrogens with one attached hydrogen (secondary N) is 1. The van der Waals surface area contributed by atoms with Crippen molar-refractivity contribution < 1.29 is 4.39 Å².